The fraction of sp³-hybridized carbons (Fsp3) is 0. The van der Waals surface area contributed by atoms with E-state index in [-0.39, 0.29) is 22.0 Å². The van der Waals surface area contributed by atoms with Crippen molar-refractivity contribution in [1.82, 2.24) is 0 Å². The van der Waals surface area contributed by atoms with Gasteiger partial charge in [-0.15, -0.1) is 0 Å². The average molecular weight is 283 g/mol. The van der Waals surface area contributed by atoms with Crippen LogP contribution in [0.5, 0.6) is 0 Å². The van der Waals surface area contributed by atoms with Gasteiger partial charge < -0.3 is 15.5 Å². The highest BCUT2D eigenvalue weighted by atomic mass is 35.5. The number of nitrogens with one attached hydrogen (secondary N) is 1. The molecule has 0 aliphatic rings. The number of hydrogen-bond donors (Lipinski definition) is 2. The topological polar surface area (TPSA) is 85.3 Å². The van der Waals surface area contributed by atoms with E-state index in [9.17, 15) is 14.0 Å². The van der Waals surface area contributed by atoms with Crippen molar-refractivity contribution in [2.24, 2.45) is 5.73 Å². The highest BCUT2D eigenvalue weighted by Gasteiger charge is 2.15. The molecule has 0 atom stereocenters. The van der Waals surface area contributed by atoms with E-state index in [0.717, 1.165) is 12.1 Å². The van der Waals surface area contributed by atoms with E-state index in [1.807, 2.05) is 0 Å². The third-order valence-electron chi connectivity index (χ3n) is 2.35. The van der Waals surface area contributed by atoms with E-state index >= 15 is 0 Å². The van der Waals surface area contributed by atoms with E-state index in [1.165, 1.54) is 18.4 Å². The zero-order chi connectivity index (χ0) is 14.0. The van der Waals surface area contributed by atoms with Crippen molar-refractivity contribution in [2.45, 2.75) is 0 Å². The van der Waals surface area contributed by atoms with Crippen molar-refractivity contribution >= 4 is 29.1 Å². The van der Waals surface area contributed by atoms with Gasteiger partial charge in [0.15, 0.2) is 0 Å². The maximum Gasteiger partial charge on any atom is 0.260 e. The molecule has 0 bridgehead atoms. The standard InChI is InChI=1S/C12H8ClFN2O3/c13-10-7(3-4-19-10)12(18)16-6-1-2-9(14)8(5-6)11(15)17/h1-5H,(H2,15,17)(H,16,18). The minimum Gasteiger partial charge on any atom is -0.452 e. The fourth-order valence-corrected chi connectivity index (χ4v) is 1.65. The van der Waals surface area contributed by atoms with Crippen LogP contribution in [-0.4, -0.2) is 11.8 Å². The Balaban J connectivity index is 2.25. The first-order valence-electron chi connectivity index (χ1n) is 5.12. The summed E-state index contributed by atoms with van der Waals surface area (Å²) in [6.45, 7) is 0. The molecule has 0 fully saturated rings. The summed E-state index contributed by atoms with van der Waals surface area (Å²) in [5.41, 5.74) is 5.05. The number of anilines is 1. The Morgan fingerprint density at radius 3 is 2.58 bits per heavy atom. The van der Waals surface area contributed by atoms with E-state index in [1.54, 1.807) is 0 Å². The van der Waals surface area contributed by atoms with Gasteiger partial charge in [0, 0.05) is 5.69 Å². The van der Waals surface area contributed by atoms with Gasteiger partial charge >= 0.3 is 0 Å². The summed E-state index contributed by atoms with van der Waals surface area (Å²) in [4.78, 5) is 22.8. The number of primary amides is 1. The number of carbonyl (C=O) groups is 2. The fourth-order valence-electron chi connectivity index (χ4n) is 1.45. The van der Waals surface area contributed by atoms with E-state index in [4.69, 9.17) is 21.8 Å². The van der Waals surface area contributed by atoms with Crippen molar-refractivity contribution in [3.05, 3.63) is 52.7 Å². The summed E-state index contributed by atoms with van der Waals surface area (Å²) in [5, 5.41) is 2.39. The molecule has 0 aliphatic carbocycles. The van der Waals surface area contributed by atoms with Crippen LogP contribution in [0.1, 0.15) is 20.7 Å². The highest BCUT2D eigenvalue weighted by Crippen LogP contribution is 2.20. The Morgan fingerprint density at radius 2 is 2.00 bits per heavy atom. The lowest BCUT2D eigenvalue weighted by atomic mass is 10.1. The second-order valence-corrected chi connectivity index (χ2v) is 3.96. The molecule has 98 valence electrons. The van der Waals surface area contributed by atoms with Crippen LogP contribution in [0.2, 0.25) is 5.22 Å². The molecule has 1 heterocycles. The molecule has 0 saturated carbocycles. The summed E-state index contributed by atoms with van der Waals surface area (Å²) in [7, 11) is 0. The largest absolute Gasteiger partial charge is 0.452 e. The van der Waals surface area contributed by atoms with Crippen molar-refractivity contribution in [2.75, 3.05) is 5.32 Å². The predicted molar refractivity (Wildman–Crippen MR) is 66.6 cm³/mol. The monoisotopic (exact) mass is 282 g/mol. The number of carbonyl (C=O) groups excluding carboxylic acids is 2. The molecule has 5 nitrogen and oxygen atoms in total. The number of benzene rings is 1. The third kappa shape index (κ3) is 2.74. The van der Waals surface area contributed by atoms with Gasteiger partial charge in [-0.2, -0.15) is 0 Å². The van der Waals surface area contributed by atoms with Gasteiger partial charge in [-0.25, -0.2) is 4.39 Å². The molecular weight excluding hydrogens is 275 g/mol. The highest BCUT2D eigenvalue weighted by molar-refractivity contribution is 6.32. The Morgan fingerprint density at radius 1 is 1.26 bits per heavy atom. The summed E-state index contributed by atoms with van der Waals surface area (Å²) in [6, 6.07) is 4.86. The lowest BCUT2D eigenvalue weighted by molar-refractivity contribution is 0.0992. The molecule has 0 spiro atoms. The molecule has 2 aromatic rings. The molecule has 0 saturated heterocycles. The predicted octanol–water partition coefficient (Wildman–Crippen LogP) is 2.42. The number of hydrogen-bond acceptors (Lipinski definition) is 3. The molecule has 0 unspecified atom stereocenters. The summed E-state index contributed by atoms with van der Waals surface area (Å²) in [5.74, 6) is -2.22. The van der Waals surface area contributed by atoms with Crippen LogP contribution in [0.25, 0.3) is 0 Å². The third-order valence-corrected chi connectivity index (χ3v) is 2.64. The van der Waals surface area contributed by atoms with E-state index in [2.05, 4.69) is 5.32 Å². The van der Waals surface area contributed by atoms with Crippen molar-refractivity contribution in [1.29, 1.82) is 0 Å². The van der Waals surface area contributed by atoms with Crippen LogP contribution in [0.4, 0.5) is 10.1 Å². The van der Waals surface area contributed by atoms with Crippen molar-refractivity contribution in [3.8, 4) is 0 Å². The van der Waals surface area contributed by atoms with Crippen molar-refractivity contribution in [3.63, 3.8) is 0 Å². The van der Waals surface area contributed by atoms with Gasteiger partial charge in [0.2, 0.25) is 5.22 Å². The maximum absolute atomic E-state index is 13.2. The molecule has 2 amide bonds. The Kier molecular flexibility index (Phi) is 3.52. The first-order valence-corrected chi connectivity index (χ1v) is 5.50. The normalized spacial score (nSPS) is 10.2. The summed E-state index contributed by atoms with van der Waals surface area (Å²) in [6.07, 6.45) is 1.26. The minimum absolute atomic E-state index is 0.0604. The van der Waals surface area contributed by atoms with Crippen LogP contribution in [0.3, 0.4) is 0 Å². The number of furan rings is 1. The second kappa shape index (κ2) is 5.11. The smallest absolute Gasteiger partial charge is 0.260 e. The average Bonchev–Trinajstić information content (AvgIpc) is 2.77. The van der Waals surface area contributed by atoms with Crippen LogP contribution in [-0.2, 0) is 0 Å². The van der Waals surface area contributed by atoms with Crippen LogP contribution < -0.4 is 11.1 Å². The first kappa shape index (κ1) is 13.1. The molecular formula is C12H8ClFN2O3. The number of nitrogens with two attached hydrogens (primary N) is 1. The number of rotatable bonds is 3. The van der Waals surface area contributed by atoms with Crippen molar-refractivity contribution < 1.29 is 18.4 Å². The Bertz CT molecular complexity index is 654. The molecule has 2 rings (SSSR count). The zero-order valence-electron chi connectivity index (χ0n) is 9.44. The number of halogens is 2. The van der Waals surface area contributed by atoms with Crippen LogP contribution in [0, 0.1) is 5.82 Å². The molecule has 1 aromatic carbocycles. The molecule has 3 N–H and O–H groups in total. The first-order chi connectivity index (χ1) is 8.99. The SMILES string of the molecule is NC(=O)c1cc(NC(=O)c2ccoc2Cl)ccc1F. The molecule has 0 aliphatic heterocycles. The van der Waals surface area contributed by atoms with Crippen LogP contribution in [0.15, 0.2) is 34.9 Å². The van der Waals surface area contributed by atoms with Gasteiger partial charge in [0.25, 0.3) is 11.8 Å². The van der Waals surface area contributed by atoms with Gasteiger partial charge in [0.1, 0.15) is 5.82 Å². The Labute approximate surface area is 112 Å². The zero-order valence-corrected chi connectivity index (χ0v) is 10.2. The molecule has 1 aromatic heterocycles. The van der Waals surface area contributed by atoms with E-state index < -0.39 is 17.6 Å². The van der Waals surface area contributed by atoms with Gasteiger partial charge in [0.05, 0.1) is 17.4 Å². The molecule has 0 radical (unpaired) electrons. The van der Waals surface area contributed by atoms with Gasteiger partial charge in [-0.3, -0.25) is 9.59 Å². The number of amides is 2. The lowest BCUT2D eigenvalue weighted by Gasteiger charge is -2.06. The maximum atomic E-state index is 13.2. The Hall–Kier alpha value is -2.34. The summed E-state index contributed by atoms with van der Waals surface area (Å²) < 4.78 is 18.0. The molecule has 7 heteroatoms. The van der Waals surface area contributed by atoms with E-state index in [0.29, 0.717) is 0 Å². The quantitative estimate of drug-likeness (QED) is 0.906. The lowest BCUT2D eigenvalue weighted by Crippen LogP contribution is -2.15. The molecule has 19 heavy (non-hydrogen) atoms. The second-order valence-electron chi connectivity index (χ2n) is 3.62. The van der Waals surface area contributed by atoms with Crippen LogP contribution >= 0.6 is 11.6 Å². The van der Waals surface area contributed by atoms with Gasteiger partial charge in [-0.1, -0.05) is 0 Å². The summed E-state index contributed by atoms with van der Waals surface area (Å²) >= 11 is 5.65. The minimum atomic E-state index is -0.921. The van der Waals surface area contributed by atoms with Gasteiger partial charge in [-0.05, 0) is 35.9 Å².